The summed E-state index contributed by atoms with van der Waals surface area (Å²) in [5.74, 6) is -1.52. The van der Waals surface area contributed by atoms with Crippen molar-refractivity contribution >= 4 is 24.2 Å². The summed E-state index contributed by atoms with van der Waals surface area (Å²) in [5, 5.41) is 21.1. The number of carbonyl (C=O) groups excluding carboxylic acids is 2. The van der Waals surface area contributed by atoms with Gasteiger partial charge in [0.05, 0.1) is 11.1 Å². The molecule has 1 aliphatic carbocycles. The highest BCUT2D eigenvalue weighted by Gasteiger charge is 2.35. The molecule has 0 bridgehead atoms. The number of rotatable bonds is 2. The number of benzene rings is 3. The minimum atomic E-state index is -0.469. The van der Waals surface area contributed by atoms with Crippen molar-refractivity contribution in [2.75, 3.05) is 0 Å². The molecule has 0 saturated carbocycles. The van der Waals surface area contributed by atoms with E-state index < -0.39 is 11.6 Å². The molecule has 4 rings (SSSR count). The standard InChI is InChI=1S/C21H14O4S/c22-15-10-12(9-11-5-1-4-8-16(11)26)19(23)18-17(15)20(24)13-6-2-3-7-14(13)21(18)25/h1-8,10,22-23,26H,9H2. The molecular weight excluding hydrogens is 348 g/mol. The molecule has 3 aromatic rings. The Kier molecular flexibility index (Phi) is 3.81. The predicted molar refractivity (Wildman–Crippen MR) is 99.6 cm³/mol. The molecule has 0 saturated heterocycles. The van der Waals surface area contributed by atoms with Crippen molar-refractivity contribution in [1.82, 2.24) is 0 Å². The van der Waals surface area contributed by atoms with Gasteiger partial charge in [0.15, 0.2) is 11.6 Å². The maximum Gasteiger partial charge on any atom is 0.198 e. The molecule has 0 spiro atoms. The Morgan fingerprint density at radius 2 is 1.35 bits per heavy atom. The summed E-state index contributed by atoms with van der Waals surface area (Å²) in [6.45, 7) is 0. The highest BCUT2D eigenvalue weighted by Crippen LogP contribution is 2.40. The van der Waals surface area contributed by atoms with Gasteiger partial charge in [-0.05, 0) is 17.7 Å². The highest BCUT2D eigenvalue weighted by atomic mass is 32.1. The lowest BCUT2D eigenvalue weighted by Gasteiger charge is -2.21. The molecule has 2 N–H and O–H groups in total. The van der Waals surface area contributed by atoms with Crippen LogP contribution in [0.2, 0.25) is 0 Å². The van der Waals surface area contributed by atoms with Gasteiger partial charge in [0.1, 0.15) is 11.5 Å². The van der Waals surface area contributed by atoms with Gasteiger partial charge in [0.2, 0.25) is 0 Å². The molecule has 0 amide bonds. The molecule has 4 nitrogen and oxygen atoms in total. The van der Waals surface area contributed by atoms with Gasteiger partial charge in [-0.25, -0.2) is 0 Å². The Balaban J connectivity index is 1.90. The smallest absolute Gasteiger partial charge is 0.198 e. The summed E-state index contributed by atoms with van der Waals surface area (Å²) in [6.07, 6.45) is 0.273. The van der Waals surface area contributed by atoms with Gasteiger partial charge in [-0.2, -0.15) is 0 Å². The first-order valence-electron chi connectivity index (χ1n) is 8.02. The van der Waals surface area contributed by atoms with Gasteiger partial charge in [0.25, 0.3) is 0 Å². The third kappa shape index (κ3) is 2.40. The van der Waals surface area contributed by atoms with Crippen LogP contribution in [0.4, 0.5) is 0 Å². The summed E-state index contributed by atoms with van der Waals surface area (Å²) < 4.78 is 0. The Bertz CT molecular complexity index is 1090. The number of thiol groups is 1. The lowest BCUT2D eigenvalue weighted by Crippen LogP contribution is -2.21. The number of phenols is 2. The van der Waals surface area contributed by atoms with Gasteiger partial charge in [-0.3, -0.25) is 9.59 Å². The van der Waals surface area contributed by atoms with Crippen molar-refractivity contribution in [1.29, 1.82) is 0 Å². The summed E-state index contributed by atoms with van der Waals surface area (Å²) in [5.41, 5.74) is 1.37. The third-order valence-electron chi connectivity index (χ3n) is 4.60. The molecule has 3 aromatic carbocycles. The fourth-order valence-corrected chi connectivity index (χ4v) is 3.55. The van der Waals surface area contributed by atoms with Crippen LogP contribution >= 0.6 is 12.6 Å². The summed E-state index contributed by atoms with van der Waals surface area (Å²) in [6, 6.07) is 15.1. The molecule has 0 unspecified atom stereocenters. The number of fused-ring (bicyclic) bond motifs is 2. The van der Waals surface area contributed by atoms with Crippen molar-refractivity contribution in [3.05, 3.63) is 88.0 Å². The third-order valence-corrected chi connectivity index (χ3v) is 5.04. The maximum absolute atomic E-state index is 12.9. The van der Waals surface area contributed by atoms with Gasteiger partial charge in [-0.1, -0.05) is 42.5 Å². The maximum atomic E-state index is 12.9. The molecule has 5 heteroatoms. The van der Waals surface area contributed by atoms with E-state index in [1.807, 2.05) is 24.3 Å². The van der Waals surface area contributed by atoms with Gasteiger partial charge in [-0.15, -0.1) is 12.6 Å². The van der Waals surface area contributed by atoms with Crippen LogP contribution in [0.1, 0.15) is 43.0 Å². The zero-order valence-corrected chi connectivity index (χ0v) is 14.5. The van der Waals surface area contributed by atoms with Crippen LogP contribution in [0, 0.1) is 0 Å². The second-order valence-corrected chi connectivity index (χ2v) is 6.64. The molecule has 0 heterocycles. The van der Waals surface area contributed by atoms with Gasteiger partial charge < -0.3 is 10.2 Å². The predicted octanol–water partition coefficient (Wildman–Crippen LogP) is 3.75. The van der Waals surface area contributed by atoms with Crippen molar-refractivity contribution in [3.63, 3.8) is 0 Å². The van der Waals surface area contributed by atoms with Crippen LogP contribution in [0.3, 0.4) is 0 Å². The largest absolute Gasteiger partial charge is 0.507 e. The first-order valence-corrected chi connectivity index (χ1v) is 8.47. The Morgan fingerprint density at radius 3 is 2.00 bits per heavy atom. The molecular formula is C21H14O4S. The van der Waals surface area contributed by atoms with Crippen LogP contribution < -0.4 is 0 Å². The lowest BCUT2D eigenvalue weighted by atomic mass is 9.81. The van der Waals surface area contributed by atoms with E-state index in [-0.39, 0.29) is 40.2 Å². The molecule has 26 heavy (non-hydrogen) atoms. The molecule has 0 aliphatic heterocycles. The fraction of sp³-hybridized carbons (Fsp3) is 0.0476. The first kappa shape index (κ1) is 16.4. The average Bonchev–Trinajstić information content (AvgIpc) is 2.64. The van der Waals surface area contributed by atoms with E-state index in [1.165, 1.54) is 6.07 Å². The zero-order chi connectivity index (χ0) is 18.4. The van der Waals surface area contributed by atoms with E-state index in [9.17, 15) is 19.8 Å². The second kappa shape index (κ2) is 6.04. The quantitative estimate of drug-likeness (QED) is 0.375. The molecule has 0 atom stereocenters. The normalized spacial score (nSPS) is 12.7. The minimum absolute atomic E-state index is 0.139. The van der Waals surface area contributed by atoms with Crippen LogP contribution in [0.15, 0.2) is 59.5 Å². The summed E-state index contributed by atoms with van der Waals surface area (Å²) in [4.78, 5) is 26.3. The number of ketones is 2. The molecule has 0 aromatic heterocycles. The number of carbonyl (C=O) groups is 2. The minimum Gasteiger partial charge on any atom is -0.507 e. The van der Waals surface area contributed by atoms with E-state index in [0.717, 1.165) is 10.5 Å². The Hall–Kier alpha value is -3.05. The Morgan fingerprint density at radius 1 is 0.769 bits per heavy atom. The van der Waals surface area contributed by atoms with Crippen LogP contribution in [-0.2, 0) is 6.42 Å². The molecule has 1 aliphatic rings. The Labute approximate surface area is 155 Å². The van der Waals surface area contributed by atoms with Gasteiger partial charge in [0, 0.05) is 28.0 Å². The number of phenolic OH excluding ortho intramolecular Hbond substituents is 2. The van der Waals surface area contributed by atoms with E-state index in [0.29, 0.717) is 5.56 Å². The van der Waals surface area contributed by atoms with Crippen molar-refractivity contribution in [3.8, 4) is 11.5 Å². The van der Waals surface area contributed by atoms with Crippen LogP contribution in [-0.4, -0.2) is 21.8 Å². The molecule has 0 radical (unpaired) electrons. The topological polar surface area (TPSA) is 74.6 Å². The zero-order valence-electron chi connectivity index (χ0n) is 13.6. The average molecular weight is 362 g/mol. The summed E-state index contributed by atoms with van der Waals surface area (Å²) >= 11 is 4.39. The monoisotopic (exact) mass is 362 g/mol. The van der Waals surface area contributed by atoms with E-state index in [1.54, 1.807) is 24.3 Å². The number of hydrogen-bond acceptors (Lipinski definition) is 5. The van der Waals surface area contributed by atoms with Crippen molar-refractivity contribution in [2.24, 2.45) is 0 Å². The van der Waals surface area contributed by atoms with Crippen molar-refractivity contribution < 1.29 is 19.8 Å². The molecule has 0 fully saturated rings. The van der Waals surface area contributed by atoms with Gasteiger partial charge >= 0.3 is 0 Å². The van der Waals surface area contributed by atoms with Crippen molar-refractivity contribution in [2.45, 2.75) is 11.3 Å². The van der Waals surface area contributed by atoms with Crippen LogP contribution in [0.25, 0.3) is 0 Å². The van der Waals surface area contributed by atoms with E-state index in [4.69, 9.17) is 0 Å². The van der Waals surface area contributed by atoms with Crippen LogP contribution in [0.5, 0.6) is 11.5 Å². The number of hydrogen-bond donors (Lipinski definition) is 3. The fourth-order valence-electron chi connectivity index (χ4n) is 3.31. The molecule has 128 valence electrons. The SMILES string of the molecule is O=C1c2ccccc2C(=O)c2c(O)c(Cc3ccccc3S)cc(O)c21. The van der Waals surface area contributed by atoms with E-state index in [2.05, 4.69) is 12.6 Å². The highest BCUT2D eigenvalue weighted by molar-refractivity contribution is 7.80. The lowest BCUT2D eigenvalue weighted by molar-refractivity contribution is 0.0974. The van der Waals surface area contributed by atoms with E-state index >= 15 is 0 Å². The second-order valence-electron chi connectivity index (χ2n) is 6.16. The summed E-state index contributed by atoms with van der Waals surface area (Å²) in [7, 11) is 0. The number of aromatic hydroxyl groups is 2. The first-order chi connectivity index (χ1) is 12.5.